The predicted molar refractivity (Wildman–Crippen MR) is 568 cm³/mol. The largest absolute Gasteiger partial charge is 0.478 e. The summed E-state index contributed by atoms with van der Waals surface area (Å²) in [6.07, 6.45) is 9.58. The molecular formula is C103H77Cl3N18O18S6. The van der Waals surface area contributed by atoms with E-state index in [0.717, 1.165) is 29.2 Å². The number of carboxylic acids is 1. The van der Waals surface area contributed by atoms with Crippen LogP contribution in [-0.2, 0) is 60.1 Å². The molecule has 18 aromatic rings. The van der Waals surface area contributed by atoms with E-state index in [1.807, 2.05) is 55.6 Å². The maximum atomic E-state index is 13.0. The van der Waals surface area contributed by atoms with Crippen molar-refractivity contribution in [2.45, 2.75) is 29.4 Å². The summed E-state index contributed by atoms with van der Waals surface area (Å²) in [7, 11) is -15.6. The van der Waals surface area contributed by atoms with Crippen LogP contribution < -0.4 is 45.1 Å². The summed E-state index contributed by atoms with van der Waals surface area (Å²) in [6, 6.07) is 64.4. The molecule has 0 bridgehead atoms. The predicted octanol–water partition coefficient (Wildman–Crippen LogP) is 16.9. The maximum Gasteiger partial charge on any atom is 0.335 e. The van der Waals surface area contributed by atoms with Crippen LogP contribution in [0.3, 0.4) is 0 Å². The number of piperazine rings is 1. The Morgan fingerprint density at radius 3 is 0.973 bits per heavy atom. The number of nitrogens with zero attached hydrogens (tertiary/aromatic N) is 9. The zero-order chi connectivity index (χ0) is 104. The molecule has 7 aliphatic rings. The summed E-state index contributed by atoms with van der Waals surface area (Å²) < 4.78 is 167. The fraction of sp³-hybridized carbons (Fsp3) is 0.0777. The summed E-state index contributed by atoms with van der Waals surface area (Å²) in [6.45, 7) is 2.91. The Hall–Kier alpha value is -16.4. The maximum absolute atomic E-state index is 13.0. The first kappa shape index (κ1) is 98.9. The van der Waals surface area contributed by atoms with Crippen molar-refractivity contribution in [1.82, 2.24) is 49.9 Å². The molecule has 13 heterocycles. The normalized spacial score (nSPS) is 15.2. The van der Waals surface area contributed by atoms with E-state index in [1.165, 1.54) is 84.7 Å². The third kappa shape index (κ3) is 18.0. The van der Waals surface area contributed by atoms with E-state index in [1.54, 1.807) is 171 Å². The smallest absolute Gasteiger partial charge is 0.335 e. The molecule has 0 atom stereocenters. The van der Waals surface area contributed by atoms with Gasteiger partial charge in [-0.25, -0.2) is 55.3 Å². The van der Waals surface area contributed by atoms with Gasteiger partial charge in [0.15, 0.2) is 0 Å². The van der Waals surface area contributed by atoms with Gasteiger partial charge in [-0.1, -0.05) is 89.4 Å². The molecule has 0 aliphatic carbocycles. The van der Waals surface area contributed by atoms with Gasteiger partial charge in [0.1, 0.15) is 0 Å². The third-order valence-corrected chi connectivity index (χ3v) is 34.7. The Kier molecular flexibility index (Phi) is 25.3. The number of fused-ring (bicyclic) bond motifs is 30. The first-order valence-corrected chi connectivity index (χ1v) is 54.7. The molecule has 12 aromatic carbocycles. The van der Waals surface area contributed by atoms with E-state index in [0.29, 0.717) is 201 Å². The summed E-state index contributed by atoms with van der Waals surface area (Å²) in [5.74, 6) is -2.30. The highest BCUT2D eigenvalue weighted by Gasteiger charge is 2.39. The van der Waals surface area contributed by atoms with Gasteiger partial charge in [0.05, 0.1) is 117 Å². The van der Waals surface area contributed by atoms with Crippen LogP contribution in [0.5, 0.6) is 0 Å². The number of rotatable bonds is 5. The van der Waals surface area contributed by atoms with Crippen molar-refractivity contribution in [2.75, 3.05) is 88.4 Å². The highest BCUT2D eigenvalue weighted by atomic mass is 35.5. The van der Waals surface area contributed by atoms with Gasteiger partial charge < -0.3 is 36.6 Å². The number of carbonyl (C=O) groups is 5. The van der Waals surface area contributed by atoms with Crippen LogP contribution in [0, 0.1) is 0 Å². The number of sulfonamides is 6. The number of primary amides is 1. The van der Waals surface area contributed by atoms with E-state index < -0.39 is 72.0 Å². The number of anilines is 7. The quantitative estimate of drug-likeness (QED) is 0.0715. The number of hydrogen-bond acceptors (Lipinski definition) is 25. The topological polar surface area (TPSA) is 534 Å². The Morgan fingerprint density at radius 2 is 0.622 bits per heavy atom. The van der Waals surface area contributed by atoms with Gasteiger partial charge in [0.25, 0.3) is 77.9 Å². The Bertz CT molecular complexity index is 9480. The highest BCUT2D eigenvalue weighted by molar-refractivity contribution is 7.94. The van der Waals surface area contributed by atoms with E-state index in [-0.39, 0.29) is 58.2 Å². The van der Waals surface area contributed by atoms with Crippen molar-refractivity contribution >= 4 is 230 Å². The van der Waals surface area contributed by atoms with Gasteiger partial charge >= 0.3 is 5.97 Å². The third-order valence-electron chi connectivity index (χ3n) is 25.4. The molecule has 744 valence electrons. The molecule has 1 fully saturated rings. The summed E-state index contributed by atoms with van der Waals surface area (Å²) in [5, 5.41) is 17.6. The number of carbonyl (C=O) groups excluding carboxylic acids is 4. The molecule has 6 aromatic heterocycles. The van der Waals surface area contributed by atoms with Gasteiger partial charge in [0.2, 0.25) is 5.91 Å². The van der Waals surface area contributed by atoms with Gasteiger partial charge in [-0.05, 0) is 189 Å². The number of carboxylic acid groups (broad SMARTS) is 1. The Labute approximate surface area is 859 Å². The Morgan fingerprint density at radius 1 is 0.338 bits per heavy atom. The lowest BCUT2D eigenvalue weighted by Crippen LogP contribution is -2.47. The number of aromatic nitrogens is 6. The molecule has 45 heteroatoms. The minimum atomic E-state index is -3.80. The zero-order valence-corrected chi connectivity index (χ0v) is 84.6. The van der Waals surface area contributed by atoms with E-state index in [2.05, 4.69) is 68.5 Å². The number of nitrogens with one attached hydrogen (secondary N) is 7. The van der Waals surface area contributed by atoms with Gasteiger partial charge in [-0.3, -0.25) is 77.4 Å². The van der Waals surface area contributed by atoms with Crippen LogP contribution in [0.15, 0.2) is 303 Å². The van der Waals surface area contributed by atoms with Crippen molar-refractivity contribution in [2.24, 2.45) is 5.73 Å². The average molecular weight is 2150 g/mol. The van der Waals surface area contributed by atoms with Crippen LogP contribution in [0.2, 0.25) is 15.1 Å². The number of hydrogen-bond donors (Lipinski definition) is 10. The van der Waals surface area contributed by atoms with Gasteiger partial charge in [0, 0.05) is 212 Å². The van der Waals surface area contributed by atoms with Crippen molar-refractivity contribution < 1.29 is 79.6 Å². The lowest BCUT2D eigenvalue weighted by Gasteiger charge is -2.32. The summed E-state index contributed by atoms with van der Waals surface area (Å²) in [4.78, 5) is 91.7. The molecule has 0 unspecified atom stereocenters. The number of nitrogen functional groups attached to an aromatic ring is 1. The molecule has 0 saturated carbocycles. The first-order chi connectivity index (χ1) is 70.6. The molecule has 0 spiro atoms. The number of pyridine rings is 6. The van der Waals surface area contributed by atoms with E-state index in [4.69, 9.17) is 51.4 Å². The lowest BCUT2D eigenvalue weighted by molar-refractivity contribution is 0.0661. The highest BCUT2D eigenvalue weighted by Crippen LogP contribution is 2.52. The lowest BCUT2D eigenvalue weighted by atomic mass is 9.98. The molecule has 7 aliphatic heterocycles. The van der Waals surface area contributed by atoms with E-state index >= 15 is 0 Å². The first-order valence-electron chi connectivity index (χ1n) is 44.7. The van der Waals surface area contributed by atoms with Crippen LogP contribution >= 0.6 is 34.8 Å². The van der Waals surface area contributed by atoms with Crippen molar-refractivity contribution in [3.8, 4) is 66.8 Å². The van der Waals surface area contributed by atoms with Crippen molar-refractivity contribution in [1.29, 1.82) is 0 Å². The SMILES string of the molecule is CN(C)C(=O)c1ccc2c(c1)-c1cc(Cl)c3cccnc3c1NS2(=O)=O.CN1CCN(C(=O)c2ccc3c(c2)-c2cc(Cl)c4cccnc4c2NS3(=O)=O)CC1.CNC(=O)c1ccc2c(c1)-c1ccc3cccnc3c1NS2(=O)=O.NC(=O)c1ccc2c(c1)-c1ccc3cccnc3c1NS2(=O)=O.Nc1ccc2c(c1)-c1cc(Cl)c3cccnc3c1NS2(=O)=O.O=C(O)c1ccc2c(c1)-c1ccc3cccnc3c1NS2(=O)=O. The number of halogens is 3. The molecule has 148 heavy (non-hydrogen) atoms. The standard InChI is InChI=1S/C21H19ClN4O3S.C18H14ClN3O3S.C17H13N3O3S.C16H11N3O3S.C16H10N2O4S.C15H10ClN3O2S/c1-25-7-9-26(10-8-25)21(27)13-4-5-18-15(11-13)16-12-17(22)14-3-2-6-23-19(14)20(16)24-30(18,28)29;1-22(2)18(23)10-5-6-15-12(8-10)13-9-14(19)11-4-3-7-20-16(11)17(13)21-26(15,24)25;1-18-17(21)11-5-7-14-13(9-11)12-6-4-10-3-2-8-19-15(10)16(12)20-24(14,22)23;17-16(20)10-4-6-13-12(8-10)11-5-3-9-2-1-7-18-14(9)15(11)19-23(13,21)22;19-16(20)10-4-6-13-12(8-10)11-5-3-9-2-1-7-17-14(9)15(11)18-23(13,21)22;16-12-7-11-10-6-8(17)3-4-13(10)22(20,21)19-15(11)14-9(12)2-1-5-18-14/h2-6,11-12,24H,7-10H2,1H3;3-9,21H,1-2H3;2-9,20H,1H3,(H,18,21);1-8,19H,(H2,17,20);1-8,18H,(H,19,20);1-7,19H,17H2. The van der Waals surface area contributed by atoms with Crippen LogP contribution in [0.25, 0.3) is 132 Å². The molecular weight excluding hydrogens is 2080 g/mol. The molecule has 4 amide bonds. The van der Waals surface area contributed by atoms with Gasteiger partial charge in [-0.2, -0.15) is 0 Å². The van der Waals surface area contributed by atoms with E-state index in [9.17, 15) is 74.5 Å². The minimum absolute atomic E-state index is 0.0351. The number of nitrogens with two attached hydrogens (primary N) is 2. The second-order valence-corrected chi connectivity index (χ2v) is 45.8. The summed E-state index contributed by atoms with van der Waals surface area (Å²) >= 11 is 19.2. The van der Waals surface area contributed by atoms with Crippen LogP contribution in [0.1, 0.15) is 51.8 Å². The minimum Gasteiger partial charge on any atom is -0.478 e. The molecule has 12 N–H and O–H groups in total. The average Bonchev–Trinajstić information content (AvgIpc) is 0.757. The Balaban J connectivity index is 0.000000108. The molecule has 36 nitrogen and oxygen atoms in total. The fourth-order valence-electron chi connectivity index (χ4n) is 18.3. The molecule has 25 rings (SSSR count). The number of likely N-dealkylation sites (N-methyl/N-ethyl adjacent to an activating group) is 1. The zero-order valence-electron chi connectivity index (χ0n) is 77.5. The molecule has 1 saturated heterocycles. The second kappa shape index (κ2) is 37.9. The fourth-order valence-corrected chi connectivity index (χ4v) is 26.8. The van der Waals surface area contributed by atoms with Crippen LogP contribution in [-0.4, -0.2) is 184 Å². The molecule has 0 radical (unpaired) electrons. The number of benzene rings is 12. The number of amides is 4. The number of aromatic carboxylic acids is 1. The monoisotopic (exact) mass is 2150 g/mol. The van der Waals surface area contributed by atoms with Crippen molar-refractivity contribution in [3.05, 3.63) is 317 Å². The summed E-state index contributed by atoms with van der Waals surface area (Å²) in [5.41, 5.74) is 25.3. The van der Waals surface area contributed by atoms with Crippen molar-refractivity contribution in [3.63, 3.8) is 0 Å². The van der Waals surface area contributed by atoms with Gasteiger partial charge in [-0.15, -0.1) is 0 Å². The second-order valence-electron chi connectivity index (χ2n) is 34.7. The van der Waals surface area contributed by atoms with Crippen LogP contribution in [0.4, 0.5) is 39.8 Å².